The summed E-state index contributed by atoms with van der Waals surface area (Å²) in [6.07, 6.45) is 2.74. The number of carbonyl (C=O) groups excluding carboxylic acids is 1. The van der Waals surface area contributed by atoms with Crippen LogP contribution in [0.3, 0.4) is 0 Å². The molecule has 0 spiro atoms. The molecule has 0 aliphatic rings. The molecule has 0 atom stereocenters. The van der Waals surface area contributed by atoms with Crippen molar-refractivity contribution in [2.24, 2.45) is 0 Å². The molecule has 0 radical (unpaired) electrons. The van der Waals surface area contributed by atoms with E-state index in [0.29, 0.717) is 18.0 Å². The third-order valence-electron chi connectivity index (χ3n) is 3.58. The lowest BCUT2D eigenvalue weighted by Gasteiger charge is -2.00. The zero-order valence-electron chi connectivity index (χ0n) is 13.2. The quantitative estimate of drug-likeness (QED) is 0.569. The number of pyridine rings is 1. The van der Waals surface area contributed by atoms with Gasteiger partial charge in [0.25, 0.3) is 0 Å². The number of nitrogens with one attached hydrogen (secondary N) is 1. The zero-order chi connectivity index (χ0) is 17.1. The summed E-state index contributed by atoms with van der Waals surface area (Å²) in [5, 5.41) is 6.32. The van der Waals surface area contributed by atoms with Crippen LogP contribution in [0.5, 0.6) is 0 Å². The molecule has 124 valence electrons. The summed E-state index contributed by atoms with van der Waals surface area (Å²) in [5.41, 5.74) is 2.56. The maximum atomic E-state index is 12.2. The molecule has 1 N–H and O–H groups in total. The van der Waals surface area contributed by atoms with Crippen molar-refractivity contribution < 1.29 is 4.79 Å². The Labute approximate surface area is 152 Å². The highest BCUT2D eigenvalue weighted by Gasteiger charge is 2.10. The van der Waals surface area contributed by atoms with Crippen LogP contribution in [-0.4, -0.2) is 20.9 Å². The highest BCUT2D eigenvalue weighted by molar-refractivity contribution is 7.18. The van der Waals surface area contributed by atoms with E-state index < -0.39 is 0 Å². The first-order valence-electron chi connectivity index (χ1n) is 7.79. The van der Waals surface area contributed by atoms with Gasteiger partial charge in [0.2, 0.25) is 5.91 Å². The van der Waals surface area contributed by atoms with Gasteiger partial charge in [-0.3, -0.25) is 9.78 Å². The molecule has 3 aromatic heterocycles. The molecule has 1 amide bonds. The maximum Gasteiger partial charge on any atom is 0.226 e. The minimum Gasteiger partial charge on any atom is -0.302 e. The lowest BCUT2D eigenvalue weighted by molar-refractivity contribution is -0.116. The van der Waals surface area contributed by atoms with Crippen LogP contribution in [0.1, 0.15) is 11.4 Å². The standard InChI is InChI=1S/C18H14N4OS2/c23-16(8-9-17-20-13-6-1-2-7-15(13)25-17)22-18-21-14(11-24-18)12-5-3-4-10-19-12/h1-7,10-11H,8-9H2,(H,21,22,23). The fourth-order valence-electron chi connectivity index (χ4n) is 2.39. The van der Waals surface area contributed by atoms with E-state index in [1.54, 1.807) is 17.5 Å². The van der Waals surface area contributed by atoms with Crippen molar-refractivity contribution >= 4 is 43.9 Å². The third-order valence-corrected chi connectivity index (χ3v) is 5.44. The molecule has 0 saturated carbocycles. The van der Waals surface area contributed by atoms with Crippen LogP contribution in [0.2, 0.25) is 0 Å². The number of anilines is 1. The molecule has 7 heteroatoms. The van der Waals surface area contributed by atoms with Crippen molar-refractivity contribution in [1.29, 1.82) is 0 Å². The minimum absolute atomic E-state index is 0.0545. The monoisotopic (exact) mass is 366 g/mol. The van der Waals surface area contributed by atoms with E-state index in [2.05, 4.69) is 20.3 Å². The molecule has 0 saturated heterocycles. The molecule has 0 aliphatic carbocycles. The van der Waals surface area contributed by atoms with Crippen LogP contribution in [0, 0.1) is 0 Å². The molecule has 0 unspecified atom stereocenters. The second-order valence-corrected chi connectivity index (χ2v) is 7.35. The van der Waals surface area contributed by atoms with E-state index in [4.69, 9.17) is 0 Å². The van der Waals surface area contributed by atoms with Crippen LogP contribution in [0.15, 0.2) is 54.0 Å². The molecular weight excluding hydrogens is 352 g/mol. The van der Waals surface area contributed by atoms with E-state index >= 15 is 0 Å². The van der Waals surface area contributed by atoms with Gasteiger partial charge in [-0.15, -0.1) is 22.7 Å². The Kier molecular flexibility index (Phi) is 4.49. The van der Waals surface area contributed by atoms with Gasteiger partial charge in [0.15, 0.2) is 5.13 Å². The van der Waals surface area contributed by atoms with E-state index in [-0.39, 0.29) is 5.91 Å². The van der Waals surface area contributed by atoms with Gasteiger partial charge in [-0.25, -0.2) is 9.97 Å². The van der Waals surface area contributed by atoms with Gasteiger partial charge in [-0.1, -0.05) is 18.2 Å². The molecule has 5 nitrogen and oxygen atoms in total. The first-order valence-corrected chi connectivity index (χ1v) is 9.49. The molecule has 4 aromatic rings. The van der Waals surface area contributed by atoms with Crippen LogP contribution >= 0.6 is 22.7 Å². The van der Waals surface area contributed by atoms with Gasteiger partial charge < -0.3 is 5.32 Å². The average Bonchev–Trinajstić information content (AvgIpc) is 3.27. The number of para-hydroxylation sites is 1. The van der Waals surface area contributed by atoms with Gasteiger partial charge in [-0.2, -0.15) is 0 Å². The SMILES string of the molecule is O=C(CCc1nc2ccccc2s1)Nc1nc(-c2ccccn2)cs1. The molecule has 4 rings (SSSR count). The Bertz CT molecular complexity index is 977. The fourth-order valence-corrected chi connectivity index (χ4v) is 4.08. The Hall–Kier alpha value is -2.64. The molecular formula is C18H14N4OS2. The lowest BCUT2D eigenvalue weighted by atomic mass is 10.3. The number of rotatable bonds is 5. The number of thiazole rings is 2. The zero-order valence-corrected chi connectivity index (χ0v) is 14.8. The van der Waals surface area contributed by atoms with Crippen molar-refractivity contribution in [1.82, 2.24) is 15.0 Å². The first-order chi connectivity index (χ1) is 12.3. The summed E-state index contributed by atoms with van der Waals surface area (Å²) in [7, 11) is 0. The Morgan fingerprint density at radius 1 is 1.04 bits per heavy atom. The van der Waals surface area contributed by atoms with E-state index in [1.807, 2.05) is 47.8 Å². The summed E-state index contributed by atoms with van der Waals surface area (Å²) in [4.78, 5) is 25.4. The molecule has 1 aromatic carbocycles. The highest BCUT2D eigenvalue weighted by Crippen LogP contribution is 2.24. The smallest absolute Gasteiger partial charge is 0.226 e. The number of benzene rings is 1. The Morgan fingerprint density at radius 2 is 1.92 bits per heavy atom. The molecule has 3 heterocycles. The third kappa shape index (κ3) is 3.72. The predicted molar refractivity (Wildman–Crippen MR) is 102 cm³/mol. The van der Waals surface area contributed by atoms with Crippen molar-refractivity contribution in [3.8, 4) is 11.4 Å². The maximum absolute atomic E-state index is 12.2. The Balaban J connectivity index is 1.37. The largest absolute Gasteiger partial charge is 0.302 e. The molecule has 0 aliphatic heterocycles. The van der Waals surface area contributed by atoms with E-state index in [0.717, 1.165) is 26.6 Å². The van der Waals surface area contributed by atoms with Gasteiger partial charge in [0, 0.05) is 24.4 Å². The first kappa shape index (κ1) is 15.9. The Morgan fingerprint density at radius 3 is 2.76 bits per heavy atom. The fraction of sp³-hybridized carbons (Fsp3) is 0.111. The number of nitrogens with zero attached hydrogens (tertiary/aromatic N) is 3. The second kappa shape index (κ2) is 7.08. The number of fused-ring (bicyclic) bond motifs is 1. The average molecular weight is 366 g/mol. The summed E-state index contributed by atoms with van der Waals surface area (Å²) >= 11 is 3.04. The number of hydrogen-bond donors (Lipinski definition) is 1. The van der Waals surface area contributed by atoms with Crippen LogP contribution in [0.4, 0.5) is 5.13 Å². The van der Waals surface area contributed by atoms with Gasteiger partial charge >= 0.3 is 0 Å². The number of carbonyl (C=O) groups is 1. The predicted octanol–water partition coefficient (Wildman–Crippen LogP) is 4.39. The number of aromatic nitrogens is 3. The molecule has 0 bridgehead atoms. The summed E-state index contributed by atoms with van der Waals surface area (Å²) in [5.74, 6) is -0.0545. The molecule has 0 fully saturated rings. The number of aryl methyl sites for hydroxylation is 1. The van der Waals surface area contributed by atoms with Crippen LogP contribution < -0.4 is 5.32 Å². The second-order valence-electron chi connectivity index (χ2n) is 5.38. The van der Waals surface area contributed by atoms with Gasteiger partial charge in [-0.05, 0) is 24.3 Å². The normalized spacial score (nSPS) is 10.9. The van der Waals surface area contributed by atoms with Crippen LogP contribution in [0.25, 0.3) is 21.6 Å². The number of hydrogen-bond acceptors (Lipinski definition) is 6. The van der Waals surface area contributed by atoms with Crippen molar-refractivity contribution in [2.75, 3.05) is 5.32 Å². The van der Waals surface area contributed by atoms with Crippen molar-refractivity contribution in [3.05, 3.63) is 59.0 Å². The summed E-state index contributed by atoms with van der Waals surface area (Å²) < 4.78 is 1.15. The lowest BCUT2D eigenvalue weighted by Crippen LogP contribution is -2.12. The summed E-state index contributed by atoms with van der Waals surface area (Å²) in [6.45, 7) is 0. The topological polar surface area (TPSA) is 67.8 Å². The minimum atomic E-state index is -0.0545. The van der Waals surface area contributed by atoms with Crippen molar-refractivity contribution in [2.45, 2.75) is 12.8 Å². The van der Waals surface area contributed by atoms with Crippen LogP contribution in [-0.2, 0) is 11.2 Å². The van der Waals surface area contributed by atoms with Crippen molar-refractivity contribution in [3.63, 3.8) is 0 Å². The molecule has 25 heavy (non-hydrogen) atoms. The van der Waals surface area contributed by atoms with E-state index in [1.165, 1.54) is 11.3 Å². The highest BCUT2D eigenvalue weighted by atomic mass is 32.1. The van der Waals surface area contributed by atoms with E-state index in [9.17, 15) is 4.79 Å². The van der Waals surface area contributed by atoms with Gasteiger partial charge in [0.1, 0.15) is 5.69 Å². The van der Waals surface area contributed by atoms with Gasteiger partial charge in [0.05, 0.1) is 20.9 Å². The number of amides is 1. The summed E-state index contributed by atoms with van der Waals surface area (Å²) in [6, 6.07) is 13.7.